The van der Waals surface area contributed by atoms with Crippen molar-refractivity contribution in [2.45, 2.75) is 44.9 Å². The minimum atomic E-state index is -0.591. The zero-order valence-electron chi connectivity index (χ0n) is 11.1. The lowest BCUT2D eigenvalue weighted by Crippen LogP contribution is -2.54. The lowest BCUT2D eigenvalue weighted by Gasteiger charge is -2.28. The molecule has 102 valence electrons. The van der Waals surface area contributed by atoms with Gasteiger partial charge in [0.1, 0.15) is 0 Å². The predicted molar refractivity (Wildman–Crippen MR) is 74.5 cm³/mol. The molecule has 18 heavy (non-hydrogen) atoms. The van der Waals surface area contributed by atoms with E-state index < -0.39 is 12.3 Å². The molecular formula is C14H25N3O. The lowest BCUT2D eigenvalue weighted by molar-refractivity contribution is 0.0454. The monoisotopic (exact) mass is 251 g/mol. The topological polar surface area (TPSA) is 75.5 Å². The summed E-state index contributed by atoms with van der Waals surface area (Å²) in [5.74, 6) is 5.82. The molecule has 0 spiro atoms. The highest BCUT2D eigenvalue weighted by Crippen LogP contribution is 2.08. The van der Waals surface area contributed by atoms with Gasteiger partial charge in [0, 0.05) is 6.54 Å². The Labute approximate surface area is 110 Å². The number of aliphatic hydroxyl groups excluding tert-OH is 1. The third-order valence-electron chi connectivity index (χ3n) is 3.12. The second-order valence-electron chi connectivity index (χ2n) is 4.67. The van der Waals surface area contributed by atoms with Crippen molar-refractivity contribution in [2.24, 2.45) is 11.6 Å². The van der Waals surface area contributed by atoms with E-state index in [4.69, 9.17) is 11.6 Å². The first-order chi connectivity index (χ1) is 8.65. The molecule has 0 radical (unpaired) electrons. The largest absolute Gasteiger partial charge is 0.390 e. The van der Waals surface area contributed by atoms with Crippen LogP contribution in [0.25, 0.3) is 0 Å². The molecule has 0 amide bonds. The van der Waals surface area contributed by atoms with Gasteiger partial charge in [-0.3, -0.25) is 5.84 Å². The molecule has 0 heterocycles. The average molecular weight is 251 g/mol. The Kier molecular flexibility index (Phi) is 6.90. The summed E-state index contributed by atoms with van der Waals surface area (Å²) in [6, 6.07) is 10.1. The fourth-order valence-electron chi connectivity index (χ4n) is 1.84. The molecule has 1 rings (SSSR count). The number of nitrogens with two attached hydrogens (primary N) is 2. The van der Waals surface area contributed by atoms with Gasteiger partial charge in [-0.15, -0.1) is 0 Å². The summed E-state index contributed by atoms with van der Waals surface area (Å²) in [5, 5.41) is 11.5. The first-order valence-corrected chi connectivity index (χ1v) is 6.64. The Morgan fingerprint density at radius 1 is 1.28 bits per heavy atom. The number of unbranched alkanes of at least 4 members (excludes halogenated alkanes) is 1. The molecule has 1 aromatic carbocycles. The Hall–Kier alpha value is -0.940. The zero-order chi connectivity index (χ0) is 13.4. The molecule has 0 aliphatic heterocycles. The molecule has 0 aliphatic rings. The molecule has 0 saturated carbocycles. The second kappa shape index (κ2) is 8.21. The van der Waals surface area contributed by atoms with Gasteiger partial charge in [0.15, 0.2) is 0 Å². The summed E-state index contributed by atoms with van der Waals surface area (Å²) < 4.78 is 0. The van der Waals surface area contributed by atoms with Crippen LogP contribution in [-0.4, -0.2) is 28.9 Å². The summed E-state index contributed by atoms with van der Waals surface area (Å²) >= 11 is 0. The maximum atomic E-state index is 10.0. The van der Waals surface area contributed by atoms with E-state index in [9.17, 15) is 5.11 Å². The van der Waals surface area contributed by atoms with E-state index in [-0.39, 0.29) is 0 Å². The number of hydrazine groups is 1. The van der Waals surface area contributed by atoms with Crippen molar-refractivity contribution in [3.63, 3.8) is 0 Å². The van der Waals surface area contributed by atoms with Crippen LogP contribution in [-0.2, 0) is 6.42 Å². The van der Waals surface area contributed by atoms with E-state index in [1.165, 1.54) is 5.56 Å². The van der Waals surface area contributed by atoms with Crippen molar-refractivity contribution < 1.29 is 5.11 Å². The summed E-state index contributed by atoms with van der Waals surface area (Å²) in [6.07, 6.45) is 2.44. The molecule has 1 unspecified atom stereocenters. The quantitative estimate of drug-likeness (QED) is 0.369. The van der Waals surface area contributed by atoms with Crippen LogP contribution in [0.1, 0.15) is 31.7 Å². The molecule has 1 aromatic rings. The van der Waals surface area contributed by atoms with Crippen LogP contribution < -0.4 is 11.6 Å². The maximum Gasteiger partial charge on any atom is 0.0968 e. The number of nitrogens with zero attached hydrogens (tertiary/aromatic N) is 1. The third kappa shape index (κ3) is 5.14. The fourth-order valence-corrected chi connectivity index (χ4v) is 1.84. The number of rotatable bonds is 8. The number of hydrogen-bond donors (Lipinski definition) is 3. The van der Waals surface area contributed by atoms with E-state index in [1.54, 1.807) is 5.01 Å². The highest BCUT2D eigenvalue weighted by atomic mass is 16.3. The molecular weight excluding hydrogens is 226 g/mol. The molecule has 2 atom stereocenters. The predicted octanol–water partition coefficient (Wildman–Crippen LogP) is 1.24. The molecule has 0 aliphatic carbocycles. The second-order valence-corrected chi connectivity index (χ2v) is 4.67. The number of benzene rings is 1. The third-order valence-corrected chi connectivity index (χ3v) is 3.12. The van der Waals surface area contributed by atoms with Gasteiger partial charge >= 0.3 is 0 Å². The molecule has 0 saturated heterocycles. The summed E-state index contributed by atoms with van der Waals surface area (Å²) in [7, 11) is 0. The minimum Gasteiger partial charge on any atom is -0.390 e. The molecule has 0 bridgehead atoms. The summed E-state index contributed by atoms with van der Waals surface area (Å²) in [5.41, 5.74) is 7.13. The zero-order valence-corrected chi connectivity index (χ0v) is 11.1. The van der Waals surface area contributed by atoms with Crippen molar-refractivity contribution in [3.8, 4) is 0 Å². The number of aliphatic hydroxyl groups is 1. The molecule has 4 nitrogen and oxygen atoms in total. The van der Waals surface area contributed by atoms with Gasteiger partial charge in [0.2, 0.25) is 0 Å². The van der Waals surface area contributed by atoms with Crippen LogP contribution in [0.3, 0.4) is 0 Å². The van der Waals surface area contributed by atoms with Crippen LogP contribution in [0.4, 0.5) is 0 Å². The first-order valence-electron chi connectivity index (χ1n) is 6.64. The van der Waals surface area contributed by atoms with E-state index in [0.29, 0.717) is 6.42 Å². The van der Waals surface area contributed by atoms with Crippen molar-refractivity contribution in [1.82, 2.24) is 5.01 Å². The van der Waals surface area contributed by atoms with Crippen molar-refractivity contribution in [1.29, 1.82) is 0 Å². The number of aryl methyl sites for hydroxylation is 1. The first kappa shape index (κ1) is 15.1. The fraction of sp³-hybridized carbons (Fsp3) is 0.571. The standard InChI is InChI=1S/C14H25N3O/c1-2-3-11-17(16)14(15)13(18)10-9-12-7-5-4-6-8-12/h4-8,13-14,18H,2-3,9-11,15-16H2,1H3/t13-,14?/m0/s1. The lowest BCUT2D eigenvalue weighted by atomic mass is 10.1. The van der Waals surface area contributed by atoms with Crippen molar-refractivity contribution >= 4 is 0 Å². The van der Waals surface area contributed by atoms with Crippen LogP contribution in [0.15, 0.2) is 30.3 Å². The Bertz CT molecular complexity index is 318. The van der Waals surface area contributed by atoms with Gasteiger partial charge in [-0.05, 0) is 24.8 Å². The van der Waals surface area contributed by atoms with Crippen molar-refractivity contribution in [3.05, 3.63) is 35.9 Å². The number of hydrogen-bond acceptors (Lipinski definition) is 4. The van der Waals surface area contributed by atoms with E-state index >= 15 is 0 Å². The van der Waals surface area contributed by atoms with Gasteiger partial charge in [-0.1, -0.05) is 43.7 Å². The summed E-state index contributed by atoms with van der Waals surface area (Å²) in [4.78, 5) is 0. The van der Waals surface area contributed by atoms with Crippen molar-refractivity contribution in [2.75, 3.05) is 6.54 Å². The molecule has 5 N–H and O–H groups in total. The van der Waals surface area contributed by atoms with Crippen LogP contribution in [0.2, 0.25) is 0 Å². The average Bonchev–Trinajstić information content (AvgIpc) is 2.42. The van der Waals surface area contributed by atoms with Crippen LogP contribution >= 0.6 is 0 Å². The Morgan fingerprint density at radius 3 is 2.56 bits per heavy atom. The normalized spacial score (nSPS) is 14.7. The summed E-state index contributed by atoms with van der Waals surface area (Å²) in [6.45, 7) is 2.82. The van der Waals surface area contributed by atoms with Gasteiger partial charge in [0.05, 0.1) is 12.3 Å². The maximum absolute atomic E-state index is 10.0. The smallest absolute Gasteiger partial charge is 0.0968 e. The van der Waals surface area contributed by atoms with Gasteiger partial charge in [-0.2, -0.15) is 0 Å². The van der Waals surface area contributed by atoms with Crippen LogP contribution in [0.5, 0.6) is 0 Å². The Morgan fingerprint density at radius 2 is 1.94 bits per heavy atom. The van der Waals surface area contributed by atoms with Crippen LogP contribution in [0, 0.1) is 0 Å². The van der Waals surface area contributed by atoms with Gasteiger partial charge in [-0.25, -0.2) is 5.01 Å². The highest BCUT2D eigenvalue weighted by Gasteiger charge is 2.19. The minimum absolute atomic E-state index is 0.486. The molecule has 0 fully saturated rings. The van der Waals surface area contributed by atoms with Gasteiger partial charge < -0.3 is 10.8 Å². The molecule has 0 aromatic heterocycles. The SMILES string of the molecule is CCCCN(N)C(N)[C@@H](O)CCc1ccccc1. The van der Waals surface area contributed by atoms with E-state index in [1.807, 2.05) is 18.2 Å². The highest BCUT2D eigenvalue weighted by molar-refractivity contribution is 5.14. The van der Waals surface area contributed by atoms with E-state index in [2.05, 4.69) is 19.1 Å². The molecule has 4 heteroatoms. The Balaban J connectivity index is 2.33. The van der Waals surface area contributed by atoms with Gasteiger partial charge in [0.25, 0.3) is 0 Å². The van der Waals surface area contributed by atoms with E-state index in [0.717, 1.165) is 25.8 Å².